The van der Waals surface area contributed by atoms with E-state index in [0.29, 0.717) is 22.6 Å². The van der Waals surface area contributed by atoms with Crippen molar-refractivity contribution in [3.8, 4) is 0 Å². The van der Waals surface area contributed by atoms with Gasteiger partial charge in [-0.3, -0.25) is 14.2 Å². The molecule has 2 aromatic carbocycles. The minimum absolute atomic E-state index is 0.130. The van der Waals surface area contributed by atoms with Crippen molar-refractivity contribution in [2.24, 2.45) is 0 Å². The summed E-state index contributed by atoms with van der Waals surface area (Å²) in [5, 5.41) is 3.55. The van der Waals surface area contributed by atoms with E-state index < -0.39 is 5.25 Å². The number of nitrogens with zero attached hydrogens (tertiary/aromatic N) is 2. The first kappa shape index (κ1) is 18.9. The number of allylic oxidation sites excluding steroid dienone is 1. The molecule has 0 aliphatic rings. The van der Waals surface area contributed by atoms with Gasteiger partial charge in [-0.25, -0.2) is 4.98 Å². The third-order valence-electron chi connectivity index (χ3n) is 4.08. The van der Waals surface area contributed by atoms with Gasteiger partial charge < -0.3 is 5.32 Å². The Balaban J connectivity index is 1.88. The van der Waals surface area contributed by atoms with Gasteiger partial charge in [0.05, 0.1) is 16.2 Å². The van der Waals surface area contributed by atoms with Crippen LogP contribution in [0, 0.1) is 6.92 Å². The molecule has 5 nitrogen and oxygen atoms in total. The van der Waals surface area contributed by atoms with Gasteiger partial charge in [-0.1, -0.05) is 42.1 Å². The lowest BCUT2D eigenvalue weighted by atomic mass is 10.2. The Hall–Kier alpha value is -2.86. The van der Waals surface area contributed by atoms with Crippen LogP contribution in [0.5, 0.6) is 0 Å². The van der Waals surface area contributed by atoms with Gasteiger partial charge in [0.1, 0.15) is 0 Å². The average molecular weight is 379 g/mol. The molecule has 0 unspecified atom stereocenters. The SMILES string of the molecule is C=CCn1c(S[C@H](C)C(=O)Nc2cccc(C)c2)nc2ccccc2c1=O. The van der Waals surface area contributed by atoms with E-state index in [0.717, 1.165) is 11.3 Å². The van der Waals surface area contributed by atoms with E-state index >= 15 is 0 Å². The van der Waals surface area contributed by atoms with Crippen molar-refractivity contribution in [2.45, 2.75) is 30.8 Å². The zero-order valence-electron chi connectivity index (χ0n) is 15.3. The van der Waals surface area contributed by atoms with Gasteiger partial charge in [0.15, 0.2) is 5.16 Å². The summed E-state index contributed by atoms with van der Waals surface area (Å²) in [6, 6.07) is 14.9. The van der Waals surface area contributed by atoms with Gasteiger partial charge in [0.2, 0.25) is 5.91 Å². The topological polar surface area (TPSA) is 64.0 Å². The molecule has 0 spiro atoms. The first-order valence-corrected chi connectivity index (χ1v) is 9.52. The molecule has 1 amide bonds. The number of thioether (sulfide) groups is 1. The van der Waals surface area contributed by atoms with Crippen LogP contribution in [0.1, 0.15) is 12.5 Å². The highest BCUT2D eigenvalue weighted by Crippen LogP contribution is 2.24. The number of carbonyl (C=O) groups excluding carboxylic acids is 1. The lowest BCUT2D eigenvalue weighted by molar-refractivity contribution is -0.115. The van der Waals surface area contributed by atoms with Crippen LogP contribution in [0.2, 0.25) is 0 Å². The molecule has 27 heavy (non-hydrogen) atoms. The highest BCUT2D eigenvalue weighted by Gasteiger charge is 2.19. The maximum Gasteiger partial charge on any atom is 0.262 e. The van der Waals surface area contributed by atoms with E-state index in [1.54, 1.807) is 29.7 Å². The molecule has 1 N–H and O–H groups in total. The van der Waals surface area contributed by atoms with Crippen LogP contribution < -0.4 is 10.9 Å². The Morgan fingerprint density at radius 2 is 2.07 bits per heavy atom. The second-order valence-corrected chi connectivity index (χ2v) is 7.54. The molecule has 0 aliphatic heterocycles. The number of aryl methyl sites for hydroxylation is 1. The molecule has 0 saturated heterocycles. The fourth-order valence-electron chi connectivity index (χ4n) is 2.71. The number of nitrogens with one attached hydrogen (secondary N) is 1. The van der Waals surface area contributed by atoms with Crippen molar-refractivity contribution in [3.63, 3.8) is 0 Å². The molecule has 3 rings (SSSR count). The Bertz CT molecular complexity index is 1060. The Morgan fingerprint density at radius 1 is 1.30 bits per heavy atom. The lowest BCUT2D eigenvalue weighted by Crippen LogP contribution is -2.26. The van der Waals surface area contributed by atoms with Gasteiger partial charge in [-0.05, 0) is 43.7 Å². The Morgan fingerprint density at radius 3 is 2.81 bits per heavy atom. The molecule has 138 valence electrons. The van der Waals surface area contributed by atoms with Crippen molar-refractivity contribution in [3.05, 3.63) is 77.1 Å². The molecule has 1 aromatic heterocycles. The van der Waals surface area contributed by atoms with E-state index in [9.17, 15) is 9.59 Å². The van der Waals surface area contributed by atoms with E-state index in [1.165, 1.54) is 11.8 Å². The fraction of sp³-hybridized carbons (Fsp3) is 0.190. The number of rotatable bonds is 6. The van der Waals surface area contributed by atoms with Crippen LogP contribution in [0.3, 0.4) is 0 Å². The number of benzene rings is 2. The van der Waals surface area contributed by atoms with Crippen LogP contribution in [-0.4, -0.2) is 20.7 Å². The molecule has 0 fully saturated rings. The van der Waals surface area contributed by atoms with Gasteiger partial charge in [-0.15, -0.1) is 6.58 Å². The summed E-state index contributed by atoms with van der Waals surface area (Å²) in [5.41, 5.74) is 2.32. The molecule has 0 bridgehead atoms. The van der Waals surface area contributed by atoms with Crippen molar-refractivity contribution in [2.75, 3.05) is 5.32 Å². The zero-order chi connectivity index (χ0) is 19.4. The van der Waals surface area contributed by atoms with Crippen molar-refractivity contribution < 1.29 is 4.79 Å². The molecule has 0 radical (unpaired) electrons. The van der Waals surface area contributed by atoms with Gasteiger partial charge in [0, 0.05) is 12.2 Å². The predicted molar refractivity (Wildman–Crippen MR) is 111 cm³/mol. The smallest absolute Gasteiger partial charge is 0.262 e. The number of hydrogen-bond acceptors (Lipinski definition) is 4. The monoisotopic (exact) mass is 379 g/mol. The Kier molecular flexibility index (Phi) is 5.76. The fourth-order valence-corrected chi connectivity index (χ4v) is 3.62. The second-order valence-electron chi connectivity index (χ2n) is 6.23. The highest BCUT2D eigenvalue weighted by atomic mass is 32.2. The lowest BCUT2D eigenvalue weighted by Gasteiger charge is -2.15. The maximum absolute atomic E-state index is 12.8. The molecule has 0 saturated carbocycles. The number of para-hydroxylation sites is 1. The Labute approximate surface area is 162 Å². The summed E-state index contributed by atoms with van der Waals surface area (Å²) in [6.45, 7) is 7.83. The van der Waals surface area contributed by atoms with Crippen molar-refractivity contribution in [1.82, 2.24) is 9.55 Å². The number of anilines is 1. The largest absolute Gasteiger partial charge is 0.325 e. The minimum atomic E-state index is -0.422. The number of amides is 1. The molecular weight excluding hydrogens is 358 g/mol. The number of carbonyl (C=O) groups is 1. The predicted octanol–water partition coefficient (Wildman–Crippen LogP) is 4.01. The van der Waals surface area contributed by atoms with Crippen molar-refractivity contribution >= 4 is 34.3 Å². The normalized spacial score (nSPS) is 11.9. The zero-order valence-corrected chi connectivity index (χ0v) is 16.1. The summed E-state index contributed by atoms with van der Waals surface area (Å²) in [6.07, 6.45) is 1.65. The minimum Gasteiger partial charge on any atom is -0.325 e. The number of fused-ring (bicyclic) bond motifs is 1. The van der Waals surface area contributed by atoms with E-state index in [-0.39, 0.29) is 11.5 Å². The van der Waals surface area contributed by atoms with Crippen LogP contribution >= 0.6 is 11.8 Å². The van der Waals surface area contributed by atoms with E-state index in [1.807, 2.05) is 43.3 Å². The summed E-state index contributed by atoms with van der Waals surface area (Å²) in [4.78, 5) is 30.0. The first-order valence-electron chi connectivity index (χ1n) is 8.64. The van der Waals surface area contributed by atoms with Crippen molar-refractivity contribution in [1.29, 1.82) is 0 Å². The molecule has 6 heteroatoms. The second kappa shape index (κ2) is 8.22. The van der Waals surface area contributed by atoms with Crippen LogP contribution in [0.25, 0.3) is 10.9 Å². The molecule has 3 aromatic rings. The highest BCUT2D eigenvalue weighted by molar-refractivity contribution is 8.00. The van der Waals surface area contributed by atoms with E-state index in [2.05, 4.69) is 16.9 Å². The summed E-state index contributed by atoms with van der Waals surface area (Å²) in [7, 11) is 0. The quantitative estimate of drug-likeness (QED) is 0.399. The van der Waals surface area contributed by atoms with Crippen LogP contribution in [-0.2, 0) is 11.3 Å². The average Bonchev–Trinajstić information content (AvgIpc) is 2.65. The molecular formula is C21H21N3O2S. The van der Waals surface area contributed by atoms with Gasteiger partial charge in [-0.2, -0.15) is 0 Å². The number of aromatic nitrogens is 2. The summed E-state index contributed by atoms with van der Waals surface area (Å²) in [5.74, 6) is -0.141. The third-order valence-corrected chi connectivity index (χ3v) is 5.17. The molecule has 0 aliphatic carbocycles. The molecule has 1 heterocycles. The van der Waals surface area contributed by atoms with Crippen LogP contribution in [0.15, 0.2) is 71.1 Å². The summed E-state index contributed by atoms with van der Waals surface area (Å²) < 4.78 is 1.55. The van der Waals surface area contributed by atoms with Gasteiger partial charge >= 0.3 is 0 Å². The first-order chi connectivity index (χ1) is 13.0. The summed E-state index contributed by atoms with van der Waals surface area (Å²) >= 11 is 1.26. The third kappa shape index (κ3) is 4.28. The van der Waals surface area contributed by atoms with Gasteiger partial charge in [0.25, 0.3) is 5.56 Å². The maximum atomic E-state index is 12.8. The standard InChI is InChI=1S/C21H21N3O2S/c1-4-12-24-20(26)17-10-5-6-11-18(17)23-21(24)27-15(3)19(25)22-16-9-7-8-14(2)13-16/h4-11,13,15H,1,12H2,2-3H3,(H,22,25)/t15-/m1/s1. The number of hydrogen-bond donors (Lipinski definition) is 1. The van der Waals surface area contributed by atoms with E-state index in [4.69, 9.17) is 0 Å². The molecule has 1 atom stereocenters. The van der Waals surface area contributed by atoms with Crippen LogP contribution in [0.4, 0.5) is 5.69 Å².